The molecule has 0 radical (unpaired) electrons. The van der Waals surface area contributed by atoms with E-state index < -0.39 is 0 Å². The van der Waals surface area contributed by atoms with Crippen molar-refractivity contribution in [3.63, 3.8) is 0 Å². The van der Waals surface area contributed by atoms with Crippen LogP contribution in [0.5, 0.6) is 5.75 Å². The predicted molar refractivity (Wildman–Crippen MR) is 76.4 cm³/mol. The molecule has 19 heavy (non-hydrogen) atoms. The normalized spacial score (nSPS) is 10.2. The highest BCUT2D eigenvalue weighted by Crippen LogP contribution is 2.24. The molecule has 0 aliphatic heterocycles. The maximum Gasteiger partial charge on any atom is 0.229 e. The van der Waals surface area contributed by atoms with Crippen LogP contribution < -0.4 is 15.8 Å². The van der Waals surface area contributed by atoms with Crippen molar-refractivity contribution in [2.45, 2.75) is 13.3 Å². The van der Waals surface area contributed by atoms with Crippen LogP contribution in [0.25, 0.3) is 0 Å². The zero-order chi connectivity index (χ0) is 13.7. The molecule has 3 N–H and O–H groups in total. The van der Waals surface area contributed by atoms with E-state index >= 15 is 0 Å². The molecule has 0 spiro atoms. The van der Waals surface area contributed by atoms with Crippen LogP contribution in [0.15, 0.2) is 30.3 Å². The van der Waals surface area contributed by atoms with Crippen molar-refractivity contribution in [3.8, 4) is 5.75 Å². The Morgan fingerprint density at radius 2 is 2.16 bits per heavy atom. The lowest BCUT2D eigenvalue weighted by Gasteiger charge is -2.05. The summed E-state index contributed by atoms with van der Waals surface area (Å²) in [4.78, 5) is 15.8. The van der Waals surface area contributed by atoms with Crippen LogP contribution >= 0.6 is 11.3 Å². The first-order chi connectivity index (χ1) is 9.15. The van der Waals surface area contributed by atoms with Crippen LogP contribution in [0.1, 0.15) is 12.1 Å². The number of aromatic nitrogens is 1. The molecule has 1 heterocycles. The summed E-state index contributed by atoms with van der Waals surface area (Å²) in [6.45, 7) is 2.13. The van der Waals surface area contributed by atoms with Crippen molar-refractivity contribution < 1.29 is 9.53 Å². The van der Waals surface area contributed by atoms with Gasteiger partial charge in [0.25, 0.3) is 0 Å². The highest BCUT2D eigenvalue weighted by molar-refractivity contribution is 7.19. The van der Waals surface area contributed by atoms with Gasteiger partial charge in [-0.05, 0) is 19.1 Å². The third kappa shape index (κ3) is 3.96. The smallest absolute Gasteiger partial charge is 0.229 e. The number of para-hydroxylation sites is 1. The standard InChI is InChI=1S/C13H15N3O2S/c1-9-12(14)19-13(15-9)16-11(17)7-8-18-10-5-3-2-4-6-10/h2-6H,7-8,14H2,1H3,(H,15,16,17). The number of nitrogens with one attached hydrogen (secondary N) is 1. The molecular weight excluding hydrogens is 262 g/mol. The Kier molecular flexibility index (Phi) is 4.35. The van der Waals surface area contributed by atoms with Gasteiger partial charge < -0.3 is 15.8 Å². The number of nitrogens with two attached hydrogens (primary N) is 1. The number of carbonyl (C=O) groups is 1. The predicted octanol–water partition coefficient (Wildman–Crippen LogP) is 2.44. The van der Waals surface area contributed by atoms with Gasteiger partial charge in [0.1, 0.15) is 10.8 Å². The van der Waals surface area contributed by atoms with Crippen molar-refractivity contribution in [1.82, 2.24) is 4.98 Å². The molecule has 0 saturated heterocycles. The highest BCUT2D eigenvalue weighted by atomic mass is 32.1. The van der Waals surface area contributed by atoms with Gasteiger partial charge in [-0.25, -0.2) is 4.98 Å². The SMILES string of the molecule is Cc1nc(NC(=O)CCOc2ccccc2)sc1N. The van der Waals surface area contributed by atoms with Gasteiger partial charge >= 0.3 is 0 Å². The molecule has 1 aromatic heterocycles. The molecule has 2 aromatic rings. The second-order valence-electron chi connectivity index (χ2n) is 3.93. The first kappa shape index (κ1) is 13.4. The monoisotopic (exact) mass is 277 g/mol. The van der Waals surface area contributed by atoms with E-state index in [-0.39, 0.29) is 12.3 Å². The van der Waals surface area contributed by atoms with E-state index in [1.54, 1.807) is 6.92 Å². The lowest BCUT2D eigenvalue weighted by atomic mass is 10.3. The first-order valence-electron chi connectivity index (χ1n) is 5.86. The van der Waals surface area contributed by atoms with E-state index in [0.29, 0.717) is 16.7 Å². The van der Waals surface area contributed by atoms with E-state index in [2.05, 4.69) is 10.3 Å². The zero-order valence-corrected chi connectivity index (χ0v) is 11.4. The average Bonchev–Trinajstić information content (AvgIpc) is 2.69. The van der Waals surface area contributed by atoms with Gasteiger partial charge in [0.2, 0.25) is 5.91 Å². The molecule has 6 heteroatoms. The third-order valence-electron chi connectivity index (χ3n) is 2.42. The summed E-state index contributed by atoms with van der Waals surface area (Å²) < 4.78 is 5.44. The van der Waals surface area contributed by atoms with E-state index in [1.165, 1.54) is 11.3 Å². The molecule has 0 fully saturated rings. The van der Waals surface area contributed by atoms with Crippen LogP contribution in [0.4, 0.5) is 10.1 Å². The van der Waals surface area contributed by atoms with Gasteiger partial charge in [0.05, 0.1) is 18.7 Å². The molecule has 1 amide bonds. The minimum absolute atomic E-state index is 0.135. The number of nitrogen functional groups attached to an aromatic ring is 1. The third-order valence-corrected chi connectivity index (χ3v) is 3.32. The fourth-order valence-electron chi connectivity index (χ4n) is 1.42. The molecule has 0 unspecified atom stereocenters. The lowest BCUT2D eigenvalue weighted by Crippen LogP contribution is -2.15. The molecule has 0 aliphatic rings. The maximum atomic E-state index is 11.7. The molecule has 5 nitrogen and oxygen atoms in total. The number of amides is 1. The summed E-state index contributed by atoms with van der Waals surface area (Å²) in [6.07, 6.45) is 0.271. The Hall–Kier alpha value is -2.08. The zero-order valence-electron chi connectivity index (χ0n) is 10.6. The molecule has 2 rings (SSSR count). The number of rotatable bonds is 5. The summed E-state index contributed by atoms with van der Waals surface area (Å²) in [5.74, 6) is 0.620. The first-order valence-corrected chi connectivity index (χ1v) is 6.67. The fraction of sp³-hybridized carbons (Fsp3) is 0.231. The number of thiazole rings is 1. The highest BCUT2D eigenvalue weighted by Gasteiger charge is 2.08. The van der Waals surface area contributed by atoms with Gasteiger partial charge in [-0.15, -0.1) is 0 Å². The van der Waals surface area contributed by atoms with Crippen molar-refractivity contribution in [3.05, 3.63) is 36.0 Å². The summed E-state index contributed by atoms with van der Waals surface area (Å²) in [7, 11) is 0. The number of hydrogen-bond donors (Lipinski definition) is 2. The van der Waals surface area contributed by atoms with E-state index in [1.807, 2.05) is 30.3 Å². The van der Waals surface area contributed by atoms with Gasteiger partial charge in [0, 0.05) is 0 Å². The van der Waals surface area contributed by atoms with Gasteiger partial charge in [-0.3, -0.25) is 4.79 Å². The average molecular weight is 277 g/mol. The van der Waals surface area contributed by atoms with Crippen LogP contribution in [0, 0.1) is 6.92 Å². The van der Waals surface area contributed by atoms with E-state index in [0.717, 1.165) is 11.4 Å². The Morgan fingerprint density at radius 1 is 1.42 bits per heavy atom. The van der Waals surface area contributed by atoms with Crippen LogP contribution in [0.3, 0.4) is 0 Å². The molecule has 0 bridgehead atoms. The van der Waals surface area contributed by atoms with E-state index in [9.17, 15) is 4.79 Å². The number of aryl methyl sites for hydroxylation is 1. The van der Waals surface area contributed by atoms with Crippen LogP contribution in [-0.4, -0.2) is 17.5 Å². The number of benzene rings is 1. The second-order valence-corrected chi connectivity index (χ2v) is 4.96. The summed E-state index contributed by atoms with van der Waals surface area (Å²) in [5, 5.41) is 3.85. The second kappa shape index (κ2) is 6.19. The lowest BCUT2D eigenvalue weighted by molar-refractivity contribution is -0.116. The van der Waals surface area contributed by atoms with Gasteiger partial charge in [0.15, 0.2) is 5.13 Å². The topological polar surface area (TPSA) is 77.2 Å². The fourth-order valence-corrected chi connectivity index (χ4v) is 2.17. The summed E-state index contributed by atoms with van der Waals surface area (Å²) in [5.41, 5.74) is 6.41. The van der Waals surface area contributed by atoms with Crippen molar-refractivity contribution in [2.24, 2.45) is 0 Å². The van der Waals surface area contributed by atoms with Crippen molar-refractivity contribution in [1.29, 1.82) is 0 Å². The number of hydrogen-bond acceptors (Lipinski definition) is 5. The molecular formula is C13H15N3O2S. The van der Waals surface area contributed by atoms with Gasteiger partial charge in [-0.1, -0.05) is 29.5 Å². The number of carbonyl (C=O) groups excluding carboxylic acids is 1. The quantitative estimate of drug-likeness (QED) is 0.880. The Balaban J connectivity index is 1.76. The van der Waals surface area contributed by atoms with Crippen LogP contribution in [0.2, 0.25) is 0 Å². The Labute approximate surface area is 115 Å². The number of nitrogens with zero attached hydrogens (tertiary/aromatic N) is 1. The minimum atomic E-state index is -0.135. The molecule has 0 aliphatic carbocycles. The van der Waals surface area contributed by atoms with Crippen molar-refractivity contribution >= 4 is 27.4 Å². The minimum Gasteiger partial charge on any atom is -0.493 e. The van der Waals surface area contributed by atoms with Crippen LogP contribution in [-0.2, 0) is 4.79 Å². The van der Waals surface area contributed by atoms with Crippen molar-refractivity contribution in [2.75, 3.05) is 17.7 Å². The summed E-state index contributed by atoms with van der Waals surface area (Å²) in [6, 6.07) is 9.38. The molecule has 100 valence electrons. The number of anilines is 2. The molecule has 0 saturated carbocycles. The number of ether oxygens (including phenoxy) is 1. The Morgan fingerprint density at radius 3 is 2.79 bits per heavy atom. The van der Waals surface area contributed by atoms with Gasteiger partial charge in [-0.2, -0.15) is 0 Å². The van der Waals surface area contributed by atoms with E-state index in [4.69, 9.17) is 10.5 Å². The molecule has 1 aromatic carbocycles. The Bertz CT molecular complexity index is 535. The maximum absolute atomic E-state index is 11.7. The summed E-state index contributed by atoms with van der Waals surface area (Å²) >= 11 is 1.27. The largest absolute Gasteiger partial charge is 0.493 e. The molecule has 0 atom stereocenters.